The van der Waals surface area contributed by atoms with Gasteiger partial charge in [-0.15, -0.1) is 0 Å². The molecule has 0 aliphatic carbocycles. The number of nitrogens with one attached hydrogen (secondary N) is 1. The standard InChI is InChI=1S/C16H16N2O4/c1-4-9(3)8-11-10(5-2)15(21)18(16(11)22)12-6-7-13(19)17-14(12)20/h4-5,8,12H,1-2,6-7H2,3H3,(H,17,19,20)/b9-8-. The van der Waals surface area contributed by atoms with Crippen molar-refractivity contribution in [1.82, 2.24) is 10.2 Å². The Kier molecular flexibility index (Phi) is 4.21. The summed E-state index contributed by atoms with van der Waals surface area (Å²) in [5.41, 5.74) is 1.04. The van der Waals surface area contributed by atoms with E-state index in [2.05, 4.69) is 18.5 Å². The molecule has 2 aliphatic rings. The number of rotatable bonds is 4. The molecule has 6 heteroatoms. The van der Waals surface area contributed by atoms with Crippen LogP contribution in [0.1, 0.15) is 19.8 Å². The van der Waals surface area contributed by atoms with Crippen molar-refractivity contribution in [3.63, 3.8) is 0 Å². The topological polar surface area (TPSA) is 83.6 Å². The highest BCUT2D eigenvalue weighted by molar-refractivity contribution is 6.24. The van der Waals surface area contributed by atoms with E-state index in [-0.39, 0.29) is 24.0 Å². The Bertz CT molecular complexity index is 670. The van der Waals surface area contributed by atoms with Crippen LogP contribution in [0.5, 0.6) is 0 Å². The van der Waals surface area contributed by atoms with Crippen molar-refractivity contribution in [3.05, 3.63) is 48.1 Å². The molecule has 0 bridgehead atoms. The number of imide groups is 2. The first-order chi connectivity index (χ1) is 10.4. The second kappa shape index (κ2) is 5.93. The summed E-state index contributed by atoms with van der Waals surface area (Å²) in [6.45, 7) is 8.90. The zero-order valence-corrected chi connectivity index (χ0v) is 12.2. The van der Waals surface area contributed by atoms with Crippen LogP contribution in [-0.2, 0) is 19.2 Å². The number of hydrogen-bond donors (Lipinski definition) is 1. The molecule has 0 aromatic carbocycles. The molecule has 2 heterocycles. The van der Waals surface area contributed by atoms with Crippen LogP contribution in [-0.4, -0.2) is 34.6 Å². The average molecular weight is 300 g/mol. The lowest BCUT2D eigenvalue weighted by Gasteiger charge is -2.28. The third kappa shape index (κ3) is 2.55. The maximum absolute atomic E-state index is 12.5. The number of amides is 4. The van der Waals surface area contributed by atoms with E-state index in [4.69, 9.17) is 0 Å². The van der Waals surface area contributed by atoms with E-state index in [1.807, 2.05) is 0 Å². The summed E-state index contributed by atoms with van der Waals surface area (Å²) in [5.74, 6) is -2.17. The van der Waals surface area contributed by atoms with Gasteiger partial charge >= 0.3 is 0 Å². The van der Waals surface area contributed by atoms with E-state index < -0.39 is 29.7 Å². The Hall–Kier alpha value is -2.76. The summed E-state index contributed by atoms with van der Waals surface area (Å²) >= 11 is 0. The van der Waals surface area contributed by atoms with Gasteiger partial charge in [0.05, 0.1) is 11.1 Å². The Labute approximate surface area is 127 Å². The quantitative estimate of drug-likeness (QED) is 0.614. The lowest BCUT2D eigenvalue weighted by molar-refractivity contribution is -0.149. The highest BCUT2D eigenvalue weighted by Crippen LogP contribution is 2.28. The van der Waals surface area contributed by atoms with Gasteiger partial charge < -0.3 is 0 Å². The van der Waals surface area contributed by atoms with Gasteiger partial charge in [0, 0.05) is 6.42 Å². The van der Waals surface area contributed by atoms with Gasteiger partial charge in [-0.05, 0) is 19.4 Å². The number of allylic oxidation sites excluding steroid dienone is 2. The molecule has 6 nitrogen and oxygen atoms in total. The zero-order chi connectivity index (χ0) is 16.4. The SMILES string of the molecule is C=CC1=C(/C=C(/C)C=C)C(=O)N(C2CCC(=O)NC2=O)C1=O. The number of piperidine rings is 1. The second-order valence-electron chi connectivity index (χ2n) is 5.07. The summed E-state index contributed by atoms with van der Waals surface area (Å²) in [4.78, 5) is 48.9. The summed E-state index contributed by atoms with van der Waals surface area (Å²) < 4.78 is 0. The monoisotopic (exact) mass is 300 g/mol. The van der Waals surface area contributed by atoms with Gasteiger partial charge in [-0.3, -0.25) is 29.4 Å². The molecular weight excluding hydrogens is 284 g/mol. The highest BCUT2D eigenvalue weighted by atomic mass is 16.2. The molecule has 1 fully saturated rings. The largest absolute Gasteiger partial charge is 0.295 e. The molecule has 2 rings (SSSR count). The van der Waals surface area contributed by atoms with Gasteiger partial charge in [0.2, 0.25) is 11.8 Å². The van der Waals surface area contributed by atoms with E-state index >= 15 is 0 Å². The predicted molar refractivity (Wildman–Crippen MR) is 79.2 cm³/mol. The Balaban J connectivity index is 2.39. The van der Waals surface area contributed by atoms with Crippen LogP contribution in [0.25, 0.3) is 0 Å². The number of nitrogens with zero attached hydrogens (tertiary/aromatic N) is 1. The number of hydrogen-bond acceptors (Lipinski definition) is 4. The fourth-order valence-electron chi connectivity index (χ4n) is 2.42. The van der Waals surface area contributed by atoms with Crippen molar-refractivity contribution in [2.24, 2.45) is 0 Å². The molecule has 114 valence electrons. The van der Waals surface area contributed by atoms with Gasteiger partial charge in [0.15, 0.2) is 0 Å². The maximum Gasteiger partial charge on any atom is 0.262 e. The molecular formula is C16H16N2O4. The van der Waals surface area contributed by atoms with Crippen molar-refractivity contribution >= 4 is 23.6 Å². The summed E-state index contributed by atoms with van der Waals surface area (Å²) in [7, 11) is 0. The summed E-state index contributed by atoms with van der Waals surface area (Å²) in [6.07, 6.45) is 4.61. The maximum atomic E-state index is 12.5. The van der Waals surface area contributed by atoms with Crippen LogP contribution >= 0.6 is 0 Å². The second-order valence-corrected chi connectivity index (χ2v) is 5.07. The fraction of sp³-hybridized carbons (Fsp3) is 0.250. The molecule has 0 spiro atoms. The van der Waals surface area contributed by atoms with Crippen LogP contribution in [0.3, 0.4) is 0 Å². The Morgan fingerprint density at radius 2 is 1.82 bits per heavy atom. The minimum atomic E-state index is -0.970. The minimum Gasteiger partial charge on any atom is -0.295 e. The molecule has 1 saturated heterocycles. The first-order valence-electron chi connectivity index (χ1n) is 6.79. The first-order valence-corrected chi connectivity index (χ1v) is 6.79. The van der Waals surface area contributed by atoms with E-state index in [0.717, 1.165) is 4.90 Å². The van der Waals surface area contributed by atoms with Crippen LogP contribution in [0, 0.1) is 0 Å². The van der Waals surface area contributed by atoms with E-state index in [0.29, 0.717) is 5.57 Å². The van der Waals surface area contributed by atoms with Gasteiger partial charge in [0.25, 0.3) is 11.8 Å². The molecule has 0 aromatic heterocycles. The molecule has 2 aliphatic heterocycles. The van der Waals surface area contributed by atoms with E-state index in [9.17, 15) is 19.2 Å². The lowest BCUT2D eigenvalue weighted by Crippen LogP contribution is -2.54. The highest BCUT2D eigenvalue weighted by Gasteiger charge is 2.44. The third-order valence-electron chi connectivity index (χ3n) is 3.61. The average Bonchev–Trinajstić information content (AvgIpc) is 2.70. The molecule has 4 amide bonds. The number of carbonyl (C=O) groups excluding carboxylic acids is 4. The molecule has 0 saturated carbocycles. The van der Waals surface area contributed by atoms with Crippen molar-refractivity contribution in [2.75, 3.05) is 0 Å². The Morgan fingerprint density at radius 1 is 1.18 bits per heavy atom. The summed E-state index contributed by atoms with van der Waals surface area (Å²) in [6, 6.07) is -0.970. The molecule has 1 unspecified atom stereocenters. The normalized spacial score (nSPS) is 23.0. The summed E-state index contributed by atoms with van der Waals surface area (Å²) in [5, 5.41) is 2.15. The van der Waals surface area contributed by atoms with Gasteiger partial charge in [-0.1, -0.05) is 30.9 Å². The third-order valence-corrected chi connectivity index (χ3v) is 3.61. The predicted octanol–water partition coefficient (Wildman–Crippen LogP) is 0.775. The van der Waals surface area contributed by atoms with Crippen LogP contribution < -0.4 is 5.32 Å². The van der Waals surface area contributed by atoms with Crippen LogP contribution in [0.2, 0.25) is 0 Å². The van der Waals surface area contributed by atoms with Gasteiger partial charge in [-0.25, -0.2) is 0 Å². The number of carbonyl (C=O) groups is 4. The van der Waals surface area contributed by atoms with Crippen LogP contribution in [0.15, 0.2) is 48.1 Å². The van der Waals surface area contributed by atoms with Crippen LogP contribution in [0.4, 0.5) is 0 Å². The van der Waals surface area contributed by atoms with Crippen molar-refractivity contribution in [3.8, 4) is 0 Å². The molecule has 0 aromatic rings. The lowest BCUT2D eigenvalue weighted by atomic mass is 10.0. The minimum absolute atomic E-state index is 0.0910. The fourth-order valence-corrected chi connectivity index (χ4v) is 2.42. The van der Waals surface area contributed by atoms with Gasteiger partial charge in [0.1, 0.15) is 6.04 Å². The smallest absolute Gasteiger partial charge is 0.262 e. The molecule has 22 heavy (non-hydrogen) atoms. The molecule has 1 N–H and O–H groups in total. The van der Waals surface area contributed by atoms with Crippen molar-refractivity contribution < 1.29 is 19.2 Å². The van der Waals surface area contributed by atoms with Crippen molar-refractivity contribution in [2.45, 2.75) is 25.8 Å². The first kappa shape index (κ1) is 15.6. The van der Waals surface area contributed by atoms with Crippen molar-refractivity contribution in [1.29, 1.82) is 0 Å². The van der Waals surface area contributed by atoms with E-state index in [1.54, 1.807) is 13.0 Å². The zero-order valence-electron chi connectivity index (χ0n) is 12.2. The van der Waals surface area contributed by atoms with Gasteiger partial charge in [-0.2, -0.15) is 0 Å². The Morgan fingerprint density at radius 3 is 2.36 bits per heavy atom. The molecule has 0 radical (unpaired) electrons. The van der Waals surface area contributed by atoms with E-state index in [1.165, 1.54) is 12.2 Å². The molecule has 1 atom stereocenters.